The van der Waals surface area contributed by atoms with Gasteiger partial charge in [-0.15, -0.1) is 0 Å². The molecule has 0 radical (unpaired) electrons. The van der Waals surface area contributed by atoms with Gasteiger partial charge >= 0.3 is 0 Å². The van der Waals surface area contributed by atoms with E-state index in [4.69, 9.17) is 9.47 Å². The first-order chi connectivity index (χ1) is 8.04. The summed E-state index contributed by atoms with van der Waals surface area (Å²) in [5.41, 5.74) is 0.587. The highest BCUT2D eigenvalue weighted by Crippen LogP contribution is 2.40. The maximum Gasteiger partial charge on any atom is 0.231 e. The fraction of sp³-hybridized carbons (Fsp3) is 0.364. The van der Waals surface area contributed by atoms with Crippen LogP contribution in [0.15, 0.2) is 17.0 Å². The molecule has 1 aromatic carbocycles. The Balaban J connectivity index is 2.57. The first kappa shape index (κ1) is 11.9. The van der Waals surface area contributed by atoms with Gasteiger partial charge in [0.15, 0.2) is 21.3 Å². The summed E-state index contributed by atoms with van der Waals surface area (Å²) in [5, 5.41) is 0. The van der Waals surface area contributed by atoms with E-state index in [9.17, 15) is 13.2 Å². The number of sulfone groups is 1. The van der Waals surface area contributed by atoms with E-state index in [0.717, 1.165) is 12.5 Å². The zero-order chi connectivity index (χ0) is 12.5. The van der Waals surface area contributed by atoms with Crippen LogP contribution in [-0.2, 0) is 21.1 Å². The van der Waals surface area contributed by atoms with Crippen LogP contribution in [0.2, 0.25) is 0 Å². The maximum atomic E-state index is 11.8. The van der Waals surface area contributed by atoms with Crippen LogP contribution in [0.4, 0.5) is 0 Å². The van der Waals surface area contributed by atoms with Crippen molar-refractivity contribution in [3.05, 3.63) is 17.7 Å². The molecule has 0 N–H and O–H groups in total. The van der Waals surface area contributed by atoms with E-state index in [1.807, 2.05) is 0 Å². The van der Waals surface area contributed by atoms with Crippen molar-refractivity contribution in [3.63, 3.8) is 0 Å². The van der Waals surface area contributed by atoms with Crippen LogP contribution in [0.5, 0.6) is 11.5 Å². The molecule has 0 unspecified atom stereocenters. The smallest absolute Gasteiger partial charge is 0.231 e. The van der Waals surface area contributed by atoms with Crippen LogP contribution in [0.3, 0.4) is 0 Å². The lowest BCUT2D eigenvalue weighted by Crippen LogP contribution is -2.05. The van der Waals surface area contributed by atoms with E-state index in [2.05, 4.69) is 0 Å². The normalized spacial score (nSPS) is 13.7. The second-order valence-corrected chi connectivity index (χ2v) is 5.72. The molecule has 0 bridgehead atoms. The van der Waals surface area contributed by atoms with Crippen molar-refractivity contribution < 1.29 is 22.7 Å². The maximum absolute atomic E-state index is 11.8. The highest BCUT2D eigenvalue weighted by atomic mass is 32.2. The predicted molar refractivity (Wildman–Crippen MR) is 60.1 cm³/mol. The predicted octanol–water partition coefficient (Wildman–Crippen LogP) is 0.950. The molecule has 2 rings (SSSR count). The first-order valence-corrected chi connectivity index (χ1v) is 6.98. The van der Waals surface area contributed by atoms with Crippen LogP contribution in [0, 0.1) is 0 Å². The molecule has 0 spiro atoms. The van der Waals surface area contributed by atoms with Gasteiger partial charge in [-0.2, -0.15) is 0 Å². The monoisotopic (exact) mass is 256 g/mol. The van der Waals surface area contributed by atoms with Crippen molar-refractivity contribution in [2.24, 2.45) is 0 Å². The molecule has 5 nitrogen and oxygen atoms in total. The van der Waals surface area contributed by atoms with Crippen molar-refractivity contribution in [2.75, 3.05) is 13.0 Å². The van der Waals surface area contributed by atoms with Gasteiger partial charge in [-0.1, -0.05) is 6.07 Å². The highest BCUT2D eigenvalue weighted by molar-refractivity contribution is 7.90. The zero-order valence-electron chi connectivity index (χ0n) is 9.30. The number of hydrogen-bond donors (Lipinski definition) is 0. The summed E-state index contributed by atoms with van der Waals surface area (Å²) in [4.78, 5) is 10.5. The van der Waals surface area contributed by atoms with Crippen LogP contribution in [0.1, 0.15) is 12.0 Å². The van der Waals surface area contributed by atoms with E-state index >= 15 is 0 Å². The van der Waals surface area contributed by atoms with Crippen LogP contribution in [-0.4, -0.2) is 27.8 Å². The summed E-state index contributed by atoms with van der Waals surface area (Å²) in [6.07, 6.45) is 2.54. The van der Waals surface area contributed by atoms with Crippen molar-refractivity contribution in [2.45, 2.75) is 17.7 Å². The van der Waals surface area contributed by atoms with Crippen molar-refractivity contribution >= 4 is 16.1 Å². The summed E-state index contributed by atoms with van der Waals surface area (Å²) in [7, 11) is -3.41. The highest BCUT2D eigenvalue weighted by Gasteiger charge is 2.26. The molecule has 0 saturated heterocycles. The topological polar surface area (TPSA) is 69.7 Å². The summed E-state index contributed by atoms with van der Waals surface area (Å²) in [6, 6.07) is 3.32. The van der Waals surface area contributed by atoms with Gasteiger partial charge in [-0.3, -0.25) is 0 Å². The van der Waals surface area contributed by atoms with Crippen LogP contribution >= 0.6 is 0 Å². The molecule has 0 aromatic heterocycles. The Morgan fingerprint density at radius 3 is 2.76 bits per heavy atom. The van der Waals surface area contributed by atoms with Gasteiger partial charge in [0.25, 0.3) is 0 Å². The Bertz CT molecular complexity index is 547. The second kappa shape index (κ2) is 4.37. The van der Waals surface area contributed by atoms with Crippen molar-refractivity contribution in [3.8, 4) is 11.5 Å². The molecule has 1 aliphatic heterocycles. The van der Waals surface area contributed by atoms with Crippen LogP contribution in [0.25, 0.3) is 0 Å². The van der Waals surface area contributed by atoms with E-state index < -0.39 is 9.84 Å². The number of aldehydes is 1. The SMILES string of the molecule is CS(=O)(=O)c1c(CCC=O)ccc2c1OCO2. The van der Waals surface area contributed by atoms with Gasteiger partial charge in [0.1, 0.15) is 11.2 Å². The third-order valence-corrected chi connectivity index (χ3v) is 3.67. The van der Waals surface area contributed by atoms with Crippen LogP contribution < -0.4 is 9.47 Å². The fourth-order valence-corrected chi connectivity index (χ4v) is 2.95. The standard InChI is InChI=1S/C11H12O5S/c1-17(13,14)11-8(3-2-6-12)4-5-9-10(11)16-7-15-9/h4-6H,2-3,7H2,1H3. The Hall–Kier alpha value is -1.56. The number of fused-ring (bicyclic) bond motifs is 1. The molecule has 6 heteroatoms. The molecule has 1 aliphatic rings. The number of benzene rings is 1. The summed E-state index contributed by atoms with van der Waals surface area (Å²) < 4.78 is 33.8. The fourth-order valence-electron chi connectivity index (χ4n) is 1.81. The lowest BCUT2D eigenvalue weighted by Gasteiger charge is -2.09. The zero-order valence-corrected chi connectivity index (χ0v) is 10.1. The Morgan fingerprint density at radius 1 is 1.35 bits per heavy atom. The van der Waals surface area contributed by atoms with Gasteiger partial charge in [-0.05, 0) is 18.1 Å². The number of hydrogen-bond acceptors (Lipinski definition) is 5. The Labute approximate surface area is 99.3 Å². The van der Waals surface area contributed by atoms with E-state index in [1.54, 1.807) is 12.1 Å². The van der Waals surface area contributed by atoms with Gasteiger partial charge < -0.3 is 14.3 Å². The first-order valence-electron chi connectivity index (χ1n) is 5.09. The lowest BCUT2D eigenvalue weighted by molar-refractivity contribution is -0.107. The number of rotatable bonds is 4. The average molecular weight is 256 g/mol. The Morgan fingerprint density at radius 2 is 2.12 bits per heavy atom. The number of carbonyl (C=O) groups excluding carboxylic acids is 1. The molecule has 0 fully saturated rings. The van der Waals surface area contributed by atoms with Crippen molar-refractivity contribution in [1.29, 1.82) is 0 Å². The number of aryl methyl sites for hydroxylation is 1. The molecular formula is C11H12O5S. The number of ether oxygens (including phenoxy) is 2. The largest absolute Gasteiger partial charge is 0.454 e. The van der Waals surface area contributed by atoms with E-state index in [1.165, 1.54) is 0 Å². The molecule has 0 amide bonds. The molecular weight excluding hydrogens is 244 g/mol. The summed E-state index contributed by atoms with van der Waals surface area (Å²) >= 11 is 0. The average Bonchev–Trinajstić information content (AvgIpc) is 2.71. The molecule has 92 valence electrons. The summed E-state index contributed by atoms with van der Waals surface area (Å²) in [5.74, 6) is 0.691. The Kier molecular flexibility index (Phi) is 3.06. The summed E-state index contributed by atoms with van der Waals surface area (Å²) in [6.45, 7) is 0.0228. The van der Waals surface area contributed by atoms with Gasteiger partial charge in [0.2, 0.25) is 6.79 Å². The van der Waals surface area contributed by atoms with Gasteiger partial charge in [0.05, 0.1) is 0 Å². The third-order valence-electron chi connectivity index (χ3n) is 2.48. The lowest BCUT2D eigenvalue weighted by atomic mass is 10.1. The molecule has 0 aliphatic carbocycles. The third kappa shape index (κ3) is 2.26. The molecule has 17 heavy (non-hydrogen) atoms. The quantitative estimate of drug-likeness (QED) is 0.750. The minimum absolute atomic E-state index is 0.0228. The molecule has 1 aromatic rings. The molecule has 0 saturated carbocycles. The minimum Gasteiger partial charge on any atom is -0.454 e. The van der Waals surface area contributed by atoms with E-state index in [0.29, 0.717) is 17.7 Å². The number of carbonyl (C=O) groups is 1. The minimum atomic E-state index is -3.41. The molecule has 1 heterocycles. The van der Waals surface area contributed by atoms with Crippen molar-refractivity contribution in [1.82, 2.24) is 0 Å². The van der Waals surface area contributed by atoms with Gasteiger partial charge in [-0.25, -0.2) is 8.42 Å². The molecule has 0 atom stereocenters. The van der Waals surface area contributed by atoms with Gasteiger partial charge in [0, 0.05) is 12.7 Å². The van der Waals surface area contributed by atoms with E-state index in [-0.39, 0.29) is 23.9 Å². The second-order valence-electron chi connectivity index (χ2n) is 3.77.